The molecule has 8 nitrogen and oxygen atoms in total. The largest absolute Gasteiger partial charge is 0.461 e. The van der Waals surface area contributed by atoms with E-state index in [1.54, 1.807) is 0 Å². The summed E-state index contributed by atoms with van der Waals surface area (Å²) >= 11 is 14.7. The predicted octanol–water partition coefficient (Wildman–Crippen LogP) is 4.62. The van der Waals surface area contributed by atoms with Crippen LogP contribution in [-0.4, -0.2) is 34.2 Å². The Kier molecular flexibility index (Phi) is 5.59. The van der Waals surface area contributed by atoms with Crippen molar-refractivity contribution >= 4 is 46.7 Å². The van der Waals surface area contributed by atoms with E-state index in [1.165, 1.54) is 24.3 Å². The van der Waals surface area contributed by atoms with E-state index in [0.717, 1.165) is 4.90 Å². The first-order valence-electron chi connectivity index (χ1n) is 12.0. The Morgan fingerprint density at radius 2 is 1.29 bits per heavy atom. The summed E-state index contributed by atoms with van der Waals surface area (Å²) in [4.78, 5) is 48.8. The molecule has 0 N–H and O–H groups in total. The van der Waals surface area contributed by atoms with Crippen molar-refractivity contribution in [3.05, 3.63) is 111 Å². The van der Waals surface area contributed by atoms with Gasteiger partial charge in [-0.2, -0.15) is 0 Å². The SMILES string of the molecule is O=C(CCN1C(=O)[C@@H]2[C@H](C1=O)C1(Cl)c3ccccc3C2(Cl)c2ccccc21)OCc1ccc([N+](=O)[O-])cc1. The molecule has 0 unspecified atom stereocenters. The molecule has 1 heterocycles. The Balaban J connectivity index is 1.24. The van der Waals surface area contributed by atoms with Gasteiger partial charge in [0.25, 0.3) is 5.69 Å². The van der Waals surface area contributed by atoms with Gasteiger partial charge in [-0.05, 0) is 39.9 Å². The van der Waals surface area contributed by atoms with Crippen LogP contribution in [0.4, 0.5) is 5.69 Å². The number of imide groups is 1. The van der Waals surface area contributed by atoms with Crippen LogP contribution in [0.1, 0.15) is 34.2 Å². The second kappa shape index (κ2) is 8.64. The zero-order valence-electron chi connectivity index (χ0n) is 19.8. The Morgan fingerprint density at radius 3 is 1.71 bits per heavy atom. The van der Waals surface area contributed by atoms with E-state index in [2.05, 4.69) is 0 Å². The number of carbonyl (C=O) groups excluding carboxylic acids is 3. The van der Waals surface area contributed by atoms with Gasteiger partial charge in [-0.25, -0.2) is 0 Å². The molecule has 2 bridgehead atoms. The molecule has 38 heavy (non-hydrogen) atoms. The third-order valence-corrected chi connectivity index (χ3v) is 9.05. The van der Waals surface area contributed by atoms with Gasteiger partial charge in [0.15, 0.2) is 0 Å². The maximum Gasteiger partial charge on any atom is 0.307 e. The Morgan fingerprint density at radius 1 is 0.842 bits per heavy atom. The summed E-state index contributed by atoms with van der Waals surface area (Å²) in [6.45, 7) is -0.263. The van der Waals surface area contributed by atoms with Crippen molar-refractivity contribution in [1.29, 1.82) is 0 Å². The average Bonchev–Trinajstić information content (AvgIpc) is 3.19. The van der Waals surface area contributed by atoms with Crippen LogP contribution in [0.15, 0.2) is 72.8 Å². The summed E-state index contributed by atoms with van der Waals surface area (Å²) in [6.07, 6.45) is -0.214. The highest BCUT2D eigenvalue weighted by atomic mass is 35.5. The quantitative estimate of drug-likeness (QED) is 0.146. The molecule has 3 aliphatic carbocycles. The van der Waals surface area contributed by atoms with Gasteiger partial charge in [-0.1, -0.05) is 48.5 Å². The molecule has 7 rings (SSSR count). The number of halogens is 2. The van der Waals surface area contributed by atoms with Crippen molar-refractivity contribution in [3.8, 4) is 0 Å². The number of alkyl halides is 2. The minimum atomic E-state index is -1.27. The van der Waals surface area contributed by atoms with Crippen molar-refractivity contribution in [3.63, 3.8) is 0 Å². The van der Waals surface area contributed by atoms with Crippen LogP contribution < -0.4 is 0 Å². The molecule has 4 aliphatic rings. The van der Waals surface area contributed by atoms with Crippen LogP contribution in [0.5, 0.6) is 0 Å². The predicted molar refractivity (Wildman–Crippen MR) is 137 cm³/mol. The molecule has 1 aliphatic heterocycles. The third kappa shape index (κ3) is 3.26. The smallest absolute Gasteiger partial charge is 0.307 e. The Bertz CT molecular complexity index is 1400. The summed E-state index contributed by atoms with van der Waals surface area (Å²) < 4.78 is 5.26. The number of ether oxygens (including phenoxy) is 1. The lowest BCUT2D eigenvalue weighted by atomic mass is 9.54. The van der Waals surface area contributed by atoms with Gasteiger partial charge in [0.1, 0.15) is 16.4 Å². The molecule has 10 heteroatoms. The van der Waals surface area contributed by atoms with Crippen LogP contribution in [0, 0.1) is 22.0 Å². The molecule has 3 aromatic rings. The maximum absolute atomic E-state index is 13.7. The van der Waals surface area contributed by atoms with Crippen molar-refractivity contribution < 1.29 is 24.0 Å². The molecular formula is C28H20Cl2N2O6. The highest BCUT2D eigenvalue weighted by Crippen LogP contribution is 2.69. The number of rotatable bonds is 6. The number of non-ortho nitro benzene ring substituents is 1. The Labute approximate surface area is 227 Å². The summed E-state index contributed by atoms with van der Waals surface area (Å²) in [5.41, 5.74) is 3.34. The summed E-state index contributed by atoms with van der Waals surface area (Å²) in [5, 5.41) is 10.8. The number of hydrogen-bond donors (Lipinski definition) is 0. The van der Waals surface area contributed by atoms with Crippen molar-refractivity contribution in [1.82, 2.24) is 4.90 Å². The van der Waals surface area contributed by atoms with Crippen molar-refractivity contribution in [2.24, 2.45) is 11.8 Å². The number of nitro benzene ring substituents is 1. The number of benzene rings is 3. The second-order valence-corrected chi connectivity index (χ2v) is 10.8. The molecule has 0 spiro atoms. The number of nitro groups is 1. The summed E-state index contributed by atoms with van der Waals surface area (Å²) in [5.74, 6) is -3.39. The van der Waals surface area contributed by atoms with Gasteiger partial charge in [-0.3, -0.25) is 29.4 Å². The lowest BCUT2D eigenvalue weighted by Gasteiger charge is -2.54. The monoisotopic (exact) mass is 550 g/mol. The van der Waals surface area contributed by atoms with E-state index in [9.17, 15) is 24.5 Å². The number of nitrogens with zero attached hydrogens (tertiary/aromatic N) is 2. The first kappa shape index (κ1) is 24.6. The zero-order valence-corrected chi connectivity index (χ0v) is 21.3. The molecular weight excluding hydrogens is 531 g/mol. The zero-order chi connectivity index (χ0) is 26.8. The lowest BCUT2D eigenvalue weighted by Crippen LogP contribution is -2.57. The highest BCUT2D eigenvalue weighted by molar-refractivity contribution is 6.36. The first-order valence-corrected chi connectivity index (χ1v) is 12.8. The molecule has 0 aromatic heterocycles. The van der Waals surface area contributed by atoms with Crippen LogP contribution in [-0.2, 0) is 35.5 Å². The van der Waals surface area contributed by atoms with Crippen molar-refractivity contribution in [2.45, 2.75) is 22.8 Å². The molecule has 2 atom stereocenters. The maximum atomic E-state index is 13.7. The third-order valence-electron chi connectivity index (χ3n) is 7.76. The number of amides is 2. The lowest BCUT2D eigenvalue weighted by molar-refractivity contribution is -0.384. The van der Waals surface area contributed by atoms with Gasteiger partial charge >= 0.3 is 5.97 Å². The number of hydrogen-bond acceptors (Lipinski definition) is 6. The molecule has 2 amide bonds. The molecule has 192 valence electrons. The molecule has 0 radical (unpaired) electrons. The molecule has 1 fully saturated rings. The summed E-state index contributed by atoms with van der Waals surface area (Å²) in [6, 6.07) is 20.4. The van der Waals surface area contributed by atoms with E-state index in [4.69, 9.17) is 27.9 Å². The molecule has 0 saturated carbocycles. The average molecular weight is 551 g/mol. The summed E-state index contributed by atoms with van der Waals surface area (Å²) in [7, 11) is 0. The first-order chi connectivity index (χ1) is 18.2. The van der Waals surface area contributed by atoms with E-state index in [0.29, 0.717) is 27.8 Å². The fourth-order valence-corrected chi connectivity index (χ4v) is 7.20. The Hall–Kier alpha value is -3.75. The van der Waals surface area contributed by atoms with E-state index in [-0.39, 0.29) is 25.3 Å². The molecule has 3 aromatic carbocycles. The van der Waals surface area contributed by atoms with Crippen molar-refractivity contribution in [2.75, 3.05) is 6.54 Å². The number of esters is 1. The van der Waals surface area contributed by atoms with Crippen LogP contribution in [0.25, 0.3) is 0 Å². The fraction of sp³-hybridized carbons (Fsp3) is 0.250. The molecule has 1 saturated heterocycles. The van der Waals surface area contributed by atoms with Gasteiger partial charge < -0.3 is 4.74 Å². The van der Waals surface area contributed by atoms with E-state index in [1.807, 2.05) is 48.5 Å². The van der Waals surface area contributed by atoms with Gasteiger partial charge in [0, 0.05) is 18.7 Å². The second-order valence-electron chi connectivity index (χ2n) is 9.63. The van der Waals surface area contributed by atoms with Crippen LogP contribution in [0.2, 0.25) is 0 Å². The number of carbonyl (C=O) groups is 3. The van der Waals surface area contributed by atoms with Gasteiger partial charge in [-0.15, -0.1) is 23.2 Å². The number of likely N-dealkylation sites (tertiary alicyclic amines) is 1. The van der Waals surface area contributed by atoms with Gasteiger partial charge in [0.05, 0.1) is 23.2 Å². The minimum absolute atomic E-state index is 0.0694. The van der Waals surface area contributed by atoms with E-state index < -0.39 is 44.3 Å². The van der Waals surface area contributed by atoms with Crippen LogP contribution >= 0.6 is 23.2 Å². The van der Waals surface area contributed by atoms with E-state index >= 15 is 0 Å². The van der Waals surface area contributed by atoms with Crippen LogP contribution in [0.3, 0.4) is 0 Å². The highest BCUT2D eigenvalue weighted by Gasteiger charge is 2.72. The topological polar surface area (TPSA) is 107 Å². The minimum Gasteiger partial charge on any atom is -0.461 e. The van der Waals surface area contributed by atoms with Gasteiger partial charge in [0.2, 0.25) is 11.8 Å². The standard InChI is InChI=1S/C28H20Cl2N2O6/c29-27-18-5-1-2-6-19(18)28(30,21-8-4-3-7-20(21)27)24-23(27)25(34)31(26(24)35)14-13-22(33)38-15-16-9-11-17(12-10-16)32(36)37/h1-12,23-24H,13-15H2/t23-,24+,27?,28?. The normalized spacial score (nSPS) is 26.5. The fourth-order valence-electron chi connectivity index (χ4n) is 6.10.